The van der Waals surface area contributed by atoms with Gasteiger partial charge >= 0.3 is 0 Å². The minimum Gasteiger partial charge on any atom is -0.497 e. The second-order valence-corrected chi connectivity index (χ2v) is 7.29. The molecule has 1 amide bonds. The first kappa shape index (κ1) is 19.3. The van der Waals surface area contributed by atoms with Gasteiger partial charge in [0.05, 0.1) is 23.9 Å². The molecule has 0 radical (unpaired) electrons. The highest BCUT2D eigenvalue weighted by molar-refractivity contribution is 7.16. The summed E-state index contributed by atoms with van der Waals surface area (Å²) in [5.74, 6) is 0.550. The molecule has 0 saturated heterocycles. The number of aryl methyl sites for hydroxylation is 2. The maximum atomic E-state index is 12.7. The van der Waals surface area contributed by atoms with Crippen molar-refractivity contribution in [2.75, 3.05) is 20.3 Å². The number of hydrogen-bond donors (Lipinski definition) is 0. The van der Waals surface area contributed by atoms with Crippen LogP contribution in [0.5, 0.6) is 5.75 Å². The normalized spacial score (nSPS) is 11.9. The van der Waals surface area contributed by atoms with E-state index in [1.807, 2.05) is 61.7 Å². The van der Waals surface area contributed by atoms with Crippen LogP contribution in [0.2, 0.25) is 0 Å². The molecule has 27 heavy (non-hydrogen) atoms. The fourth-order valence-electron chi connectivity index (χ4n) is 2.81. The van der Waals surface area contributed by atoms with Gasteiger partial charge in [0.1, 0.15) is 5.75 Å². The molecular formula is C21H24N2O3S. The van der Waals surface area contributed by atoms with E-state index in [1.54, 1.807) is 7.11 Å². The molecule has 3 rings (SSSR count). The number of carbonyl (C=O) groups is 1. The lowest BCUT2D eigenvalue weighted by Gasteiger charge is -2.06. The molecule has 0 bridgehead atoms. The highest BCUT2D eigenvalue weighted by Gasteiger charge is 2.11. The molecule has 6 heteroatoms. The Morgan fingerprint density at radius 2 is 1.96 bits per heavy atom. The minimum absolute atomic E-state index is 0.234. The summed E-state index contributed by atoms with van der Waals surface area (Å²) in [6.45, 7) is 7.86. The van der Waals surface area contributed by atoms with Crippen molar-refractivity contribution in [1.82, 2.24) is 4.57 Å². The van der Waals surface area contributed by atoms with Crippen molar-refractivity contribution in [1.29, 1.82) is 0 Å². The Kier molecular flexibility index (Phi) is 6.08. The van der Waals surface area contributed by atoms with E-state index in [-0.39, 0.29) is 5.91 Å². The quantitative estimate of drug-likeness (QED) is 0.601. The number of carbonyl (C=O) groups excluding carboxylic acids is 1. The molecular weight excluding hydrogens is 360 g/mol. The van der Waals surface area contributed by atoms with Gasteiger partial charge in [0, 0.05) is 18.7 Å². The van der Waals surface area contributed by atoms with Gasteiger partial charge in [-0.1, -0.05) is 17.4 Å². The highest BCUT2D eigenvalue weighted by Crippen LogP contribution is 2.23. The van der Waals surface area contributed by atoms with E-state index in [2.05, 4.69) is 4.99 Å². The van der Waals surface area contributed by atoms with Crippen LogP contribution in [-0.2, 0) is 11.3 Å². The fraction of sp³-hybridized carbons (Fsp3) is 0.333. The maximum Gasteiger partial charge on any atom is 0.279 e. The van der Waals surface area contributed by atoms with Crippen molar-refractivity contribution in [2.24, 2.45) is 4.99 Å². The summed E-state index contributed by atoms with van der Waals surface area (Å²) < 4.78 is 13.9. The molecule has 0 unspecified atom stereocenters. The molecule has 1 heterocycles. The number of rotatable bonds is 6. The van der Waals surface area contributed by atoms with E-state index in [4.69, 9.17) is 9.47 Å². The second-order valence-electron chi connectivity index (χ2n) is 6.28. The third-order valence-corrected chi connectivity index (χ3v) is 5.55. The average molecular weight is 385 g/mol. The molecule has 3 aromatic rings. The standard InChI is InChI=1S/C21H24N2O3S/c1-5-26-11-10-23-18-9-8-17(25-4)13-19(18)27-21(23)22-20(24)16-7-6-14(2)15(3)12-16/h6-9,12-13H,5,10-11H2,1-4H3. The van der Waals surface area contributed by atoms with Gasteiger partial charge in [0.2, 0.25) is 0 Å². The zero-order chi connectivity index (χ0) is 19.4. The van der Waals surface area contributed by atoms with E-state index >= 15 is 0 Å². The molecule has 0 aliphatic rings. The first-order chi connectivity index (χ1) is 13.0. The van der Waals surface area contributed by atoms with Crippen LogP contribution >= 0.6 is 11.3 Å². The van der Waals surface area contributed by atoms with E-state index in [1.165, 1.54) is 11.3 Å². The SMILES string of the molecule is CCOCCn1c(=NC(=O)c2ccc(C)c(C)c2)sc2cc(OC)ccc21. The van der Waals surface area contributed by atoms with Crippen LogP contribution in [0, 0.1) is 13.8 Å². The third kappa shape index (κ3) is 4.28. The lowest BCUT2D eigenvalue weighted by atomic mass is 10.1. The number of aromatic nitrogens is 1. The molecule has 0 fully saturated rings. The van der Waals surface area contributed by atoms with E-state index in [0.29, 0.717) is 30.1 Å². The van der Waals surface area contributed by atoms with Crippen LogP contribution < -0.4 is 9.54 Å². The van der Waals surface area contributed by atoms with Gasteiger partial charge in [0.25, 0.3) is 5.91 Å². The summed E-state index contributed by atoms with van der Waals surface area (Å²) in [5, 5.41) is 0. The molecule has 0 aliphatic heterocycles. The van der Waals surface area contributed by atoms with Gasteiger partial charge in [-0.05, 0) is 62.2 Å². The van der Waals surface area contributed by atoms with Gasteiger partial charge in [0.15, 0.2) is 4.80 Å². The van der Waals surface area contributed by atoms with Crippen LogP contribution in [0.25, 0.3) is 10.2 Å². The number of thiazole rings is 1. The lowest BCUT2D eigenvalue weighted by molar-refractivity contribution is 0.0996. The Balaban J connectivity index is 2.06. The van der Waals surface area contributed by atoms with Crippen LogP contribution in [0.1, 0.15) is 28.4 Å². The van der Waals surface area contributed by atoms with Crippen LogP contribution in [0.15, 0.2) is 41.4 Å². The monoisotopic (exact) mass is 384 g/mol. The van der Waals surface area contributed by atoms with E-state index < -0.39 is 0 Å². The molecule has 1 aromatic heterocycles. The fourth-order valence-corrected chi connectivity index (χ4v) is 3.89. The molecule has 0 atom stereocenters. The zero-order valence-electron chi connectivity index (χ0n) is 16.1. The van der Waals surface area contributed by atoms with Crippen LogP contribution in [0.3, 0.4) is 0 Å². The Bertz CT molecular complexity index is 1030. The molecule has 5 nitrogen and oxygen atoms in total. The summed E-state index contributed by atoms with van der Waals surface area (Å²) >= 11 is 1.48. The van der Waals surface area contributed by atoms with Crippen LogP contribution in [-0.4, -0.2) is 30.8 Å². The zero-order valence-corrected chi connectivity index (χ0v) is 16.9. The Labute approximate surface area is 162 Å². The predicted octanol–water partition coefficient (Wildman–Crippen LogP) is 4.11. The number of benzene rings is 2. The van der Waals surface area contributed by atoms with Crippen molar-refractivity contribution in [2.45, 2.75) is 27.3 Å². The third-order valence-electron chi connectivity index (χ3n) is 4.50. The number of hydrogen-bond acceptors (Lipinski definition) is 4. The second kappa shape index (κ2) is 8.50. The topological polar surface area (TPSA) is 52.8 Å². The summed E-state index contributed by atoms with van der Waals surface area (Å²) in [6.07, 6.45) is 0. The Hall–Kier alpha value is -2.44. The molecule has 0 saturated carbocycles. The van der Waals surface area contributed by atoms with Gasteiger partial charge in [-0.2, -0.15) is 4.99 Å². The summed E-state index contributed by atoms with van der Waals surface area (Å²) in [6, 6.07) is 11.6. The first-order valence-electron chi connectivity index (χ1n) is 8.95. The van der Waals surface area contributed by atoms with Crippen molar-refractivity contribution in [3.05, 3.63) is 57.9 Å². The van der Waals surface area contributed by atoms with E-state index in [9.17, 15) is 4.79 Å². The number of methoxy groups -OCH3 is 1. The molecule has 0 N–H and O–H groups in total. The predicted molar refractivity (Wildman–Crippen MR) is 109 cm³/mol. The van der Waals surface area contributed by atoms with E-state index in [0.717, 1.165) is 27.1 Å². The molecule has 142 valence electrons. The van der Waals surface area contributed by atoms with Gasteiger partial charge in [-0.3, -0.25) is 4.79 Å². The average Bonchev–Trinajstić information content (AvgIpc) is 3.00. The number of fused-ring (bicyclic) bond motifs is 1. The Morgan fingerprint density at radius 1 is 1.15 bits per heavy atom. The minimum atomic E-state index is -0.234. The van der Waals surface area contributed by atoms with Gasteiger partial charge in [-0.25, -0.2) is 0 Å². The van der Waals surface area contributed by atoms with Gasteiger partial charge in [-0.15, -0.1) is 0 Å². The Morgan fingerprint density at radius 3 is 2.67 bits per heavy atom. The summed E-state index contributed by atoms with van der Waals surface area (Å²) in [7, 11) is 1.65. The lowest BCUT2D eigenvalue weighted by Crippen LogP contribution is -2.19. The smallest absolute Gasteiger partial charge is 0.279 e. The summed E-state index contributed by atoms with van der Waals surface area (Å²) in [4.78, 5) is 17.8. The molecule has 2 aromatic carbocycles. The van der Waals surface area contributed by atoms with Crippen molar-refractivity contribution >= 4 is 27.5 Å². The molecule has 0 aliphatic carbocycles. The van der Waals surface area contributed by atoms with Crippen molar-refractivity contribution in [3.63, 3.8) is 0 Å². The number of nitrogens with zero attached hydrogens (tertiary/aromatic N) is 2. The van der Waals surface area contributed by atoms with Crippen molar-refractivity contribution < 1.29 is 14.3 Å². The van der Waals surface area contributed by atoms with Gasteiger partial charge < -0.3 is 14.0 Å². The number of amides is 1. The highest BCUT2D eigenvalue weighted by atomic mass is 32.1. The first-order valence-corrected chi connectivity index (χ1v) is 9.76. The van der Waals surface area contributed by atoms with Crippen molar-refractivity contribution in [3.8, 4) is 5.75 Å². The molecule has 0 spiro atoms. The van der Waals surface area contributed by atoms with Crippen LogP contribution in [0.4, 0.5) is 0 Å². The number of ether oxygens (including phenoxy) is 2. The largest absolute Gasteiger partial charge is 0.497 e. The summed E-state index contributed by atoms with van der Waals surface area (Å²) in [5.41, 5.74) is 3.87. The maximum absolute atomic E-state index is 12.7.